The van der Waals surface area contributed by atoms with Gasteiger partial charge in [-0.25, -0.2) is 0 Å². The van der Waals surface area contributed by atoms with E-state index in [4.69, 9.17) is 0 Å². The SMILES string of the molecule is Cc1cccc(C)c1NC(=O)C[NH+]1CCN(C(=O)C[NH+]2CCC(C)CC2)CC1. The van der Waals surface area contributed by atoms with Crippen molar-refractivity contribution in [3.8, 4) is 0 Å². The Hall–Kier alpha value is -1.92. The number of aryl methyl sites for hydroxylation is 2. The van der Waals surface area contributed by atoms with E-state index in [0.29, 0.717) is 13.1 Å². The van der Waals surface area contributed by atoms with Crippen LogP contribution >= 0.6 is 0 Å². The Labute approximate surface area is 168 Å². The molecule has 3 rings (SSSR count). The number of benzene rings is 1. The van der Waals surface area contributed by atoms with Crippen molar-refractivity contribution >= 4 is 17.5 Å². The van der Waals surface area contributed by atoms with Crippen LogP contribution in [0.5, 0.6) is 0 Å². The first-order valence-corrected chi connectivity index (χ1v) is 10.7. The van der Waals surface area contributed by atoms with E-state index in [-0.39, 0.29) is 11.8 Å². The van der Waals surface area contributed by atoms with E-state index < -0.39 is 0 Å². The molecule has 2 aliphatic heterocycles. The summed E-state index contributed by atoms with van der Waals surface area (Å²) in [6.07, 6.45) is 2.46. The van der Waals surface area contributed by atoms with Gasteiger partial charge in [-0.3, -0.25) is 9.59 Å². The van der Waals surface area contributed by atoms with Crippen LogP contribution in [0.4, 0.5) is 5.69 Å². The summed E-state index contributed by atoms with van der Waals surface area (Å²) in [5, 5.41) is 3.07. The first kappa shape index (κ1) is 20.8. The molecule has 2 amide bonds. The fraction of sp³-hybridized carbons (Fsp3) is 0.636. The van der Waals surface area contributed by atoms with Crippen LogP contribution in [0.15, 0.2) is 18.2 Å². The number of piperazine rings is 1. The molecule has 154 valence electrons. The highest BCUT2D eigenvalue weighted by Gasteiger charge is 2.28. The van der Waals surface area contributed by atoms with Gasteiger partial charge in [-0.2, -0.15) is 0 Å². The van der Waals surface area contributed by atoms with Crippen molar-refractivity contribution in [3.05, 3.63) is 29.3 Å². The number of piperidine rings is 1. The van der Waals surface area contributed by atoms with Gasteiger partial charge in [-0.05, 0) is 43.7 Å². The third-order valence-corrected chi connectivity index (χ3v) is 6.36. The zero-order valence-electron chi connectivity index (χ0n) is 17.6. The lowest BCUT2D eigenvalue weighted by Crippen LogP contribution is -3.16. The van der Waals surface area contributed by atoms with Crippen LogP contribution in [-0.4, -0.2) is 69.1 Å². The molecule has 0 unspecified atom stereocenters. The van der Waals surface area contributed by atoms with Crippen LogP contribution in [-0.2, 0) is 9.59 Å². The van der Waals surface area contributed by atoms with Crippen molar-refractivity contribution in [2.45, 2.75) is 33.6 Å². The molecule has 0 bridgehead atoms. The molecule has 2 heterocycles. The molecule has 0 radical (unpaired) electrons. The average molecular weight is 389 g/mol. The number of carbonyl (C=O) groups is 2. The maximum Gasteiger partial charge on any atom is 0.279 e. The molecule has 0 aromatic heterocycles. The van der Waals surface area contributed by atoms with Crippen molar-refractivity contribution in [1.82, 2.24) is 4.90 Å². The quantitative estimate of drug-likeness (QED) is 0.624. The Bertz CT molecular complexity index is 670. The molecular weight excluding hydrogens is 352 g/mol. The lowest BCUT2D eigenvalue weighted by Gasteiger charge is -2.33. The molecule has 28 heavy (non-hydrogen) atoms. The van der Waals surface area contributed by atoms with E-state index in [1.54, 1.807) is 0 Å². The van der Waals surface area contributed by atoms with E-state index in [1.807, 2.05) is 36.9 Å². The third kappa shape index (κ3) is 5.55. The highest BCUT2D eigenvalue weighted by molar-refractivity contribution is 5.93. The van der Waals surface area contributed by atoms with Gasteiger partial charge in [0.1, 0.15) is 0 Å². The molecule has 3 N–H and O–H groups in total. The molecular formula is C22H36N4O2+2. The Morgan fingerprint density at radius 2 is 1.57 bits per heavy atom. The summed E-state index contributed by atoms with van der Waals surface area (Å²) >= 11 is 0. The van der Waals surface area contributed by atoms with Gasteiger partial charge in [-0.1, -0.05) is 25.1 Å². The largest absolute Gasteiger partial charge is 0.327 e. The number of anilines is 1. The molecule has 0 spiro atoms. The summed E-state index contributed by atoms with van der Waals surface area (Å²) in [4.78, 5) is 29.8. The highest BCUT2D eigenvalue weighted by atomic mass is 16.2. The molecule has 2 fully saturated rings. The van der Waals surface area contributed by atoms with Crippen LogP contribution in [0, 0.1) is 19.8 Å². The number of para-hydroxylation sites is 1. The summed E-state index contributed by atoms with van der Waals surface area (Å²) in [5.74, 6) is 1.14. The molecule has 1 aromatic carbocycles. The number of nitrogens with one attached hydrogen (secondary N) is 3. The van der Waals surface area contributed by atoms with Crippen molar-refractivity contribution in [1.29, 1.82) is 0 Å². The molecule has 0 saturated carbocycles. The van der Waals surface area contributed by atoms with Crippen LogP contribution in [0.25, 0.3) is 0 Å². The summed E-state index contributed by atoms with van der Waals surface area (Å²) in [6, 6.07) is 6.05. The van der Waals surface area contributed by atoms with Gasteiger partial charge in [0.25, 0.3) is 11.8 Å². The molecule has 2 aliphatic rings. The zero-order chi connectivity index (χ0) is 20.1. The van der Waals surface area contributed by atoms with Crippen LogP contribution < -0.4 is 15.1 Å². The number of quaternary nitrogens is 2. The normalized spacial score (nSPS) is 23.5. The van der Waals surface area contributed by atoms with E-state index in [0.717, 1.165) is 62.0 Å². The van der Waals surface area contributed by atoms with E-state index in [2.05, 4.69) is 12.2 Å². The van der Waals surface area contributed by atoms with Crippen molar-refractivity contribution in [2.75, 3.05) is 57.7 Å². The second kappa shape index (κ2) is 9.52. The Morgan fingerprint density at radius 3 is 2.18 bits per heavy atom. The third-order valence-electron chi connectivity index (χ3n) is 6.36. The van der Waals surface area contributed by atoms with Crippen molar-refractivity contribution in [3.63, 3.8) is 0 Å². The molecule has 0 atom stereocenters. The van der Waals surface area contributed by atoms with Gasteiger partial charge in [0, 0.05) is 5.69 Å². The lowest BCUT2D eigenvalue weighted by molar-refractivity contribution is -0.900. The van der Waals surface area contributed by atoms with E-state index >= 15 is 0 Å². The number of hydrogen-bond acceptors (Lipinski definition) is 2. The maximum absolute atomic E-state index is 12.6. The second-order valence-electron chi connectivity index (χ2n) is 8.73. The Kier molecular flexibility index (Phi) is 7.08. The van der Waals surface area contributed by atoms with E-state index in [1.165, 1.54) is 22.6 Å². The number of nitrogens with zero attached hydrogens (tertiary/aromatic N) is 1. The fourth-order valence-electron chi connectivity index (χ4n) is 4.34. The van der Waals surface area contributed by atoms with Crippen LogP contribution in [0.2, 0.25) is 0 Å². The topological polar surface area (TPSA) is 58.3 Å². The molecule has 0 aliphatic carbocycles. The predicted molar refractivity (Wildman–Crippen MR) is 111 cm³/mol. The summed E-state index contributed by atoms with van der Waals surface area (Å²) in [5.41, 5.74) is 3.11. The first-order chi connectivity index (χ1) is 13.4. The number of likely N-dealkylation sites (tertiary alicyclic amines) is 1. The molecule has 2 saturated heterocycles. The van der Waals surface area contributed by atoms with Gasteiger partial charge in [0.05, 0.1) is 39.3 Å². The Balaban J connectivity index is 1.41. The molecule has 6 nitrogen and oxygen atoms in total. The van der Waals surface area contributed by atoms with E-state index in [9.17, 15) is 9.59 Å². The Morgan fingerprint density at radius 1 is 1.00 bits per heavy atom. The minimum atomic E-state index is 0.0547. The zero-order valence-corrected chi connectivity index (χ0v) is 17.6. The maximum atomic E-state index is 12.6. The first-order valence-electron chi connectivity index (χ1n) is 10.7. The van der Waals surface area contributed by atoms with Gasteiger partial charge < -0.3 is 20.0 Å². The van der Waals surface area contributed by atoms with Gasteiger partial charge in [-0.15, -0.1) is 0 Å². The number of amides is 2. The number of rotatable bonds is 5. The molecule has 6 heteroatoms. The lowest BCUT2D eigenvalue weighted by atomic mass is 9.99. The number of carbonyl (C=O) groups excluding carboxylic acids is 2. The highest BCUT2D eigenvalue weighted by Crippen LogP contribution is 2.18. The van der Waals surface area contributed by atoms with Crippen LogP contribution in [0.3, 0.4) is 0 Å². The van der Waals surface area contributed by atoms with Crippen LogP contribution in [0.1, 0.15) is 30.9 Å². The summed E-state index contributed by atoms with van der Waals surface area (Å²) in [7, 11) is 0. The van der Waals surface area contributed by atoms with Crippen molar-refractivity contribution in [2.24, 2.45) is 5.92 Å². The van der Waals surface area contributed by atoms with Gasteiger partial charge in [0.2, 0.25) is 0 Å². The smallest absolute Gasteiger partial charge is 0.279 e. The summed E-state index contributed by atoms with van der Waals surface area (Å²) in [6.45, 7) is 12.9. The standard InChI is InChI=1S/C22H34N4O2/c1-17-7-9-24(10-8-17)16-21(28)26-13-11-25(12-14-26)15-20(27)23-22-18(2)5-4-6-19(22)3/h4-6,17H,7-16H2,1-3H3,(H,23,27)/p+2. The number of hydrogen-bond donors (Lipinski definition) is 3. The fourth-order valence-corrected chi connectivity index (χ4v) is 4.34. The predicted octanol–water partition coefficient (Wildman–Crippen LogP) is -0.716. The minimum Gasteiger partial charge on any atom is -0.327 e. The summed E-state index contributed by atoms with van der Waals surface area (Å²) < 4.78 is 0. The average Bonchev–Trinajstić information content (AvgIpc) is 2.67. The second-order valence-corrected chi connectivity index (χ2v) is 8.73. The molecule has 1 aromatic rings. The van der Waals surface area contributed by atoms with Crippen molar-refractivity contribution < 1.29 is 19.4 Å². The van der Waals surface area contributed by atoms with Gasteiger partial charge >= 0.3 is 0 Å². The van der Waals surface area contributed by atoms with Gasteiger partial charge in [0.15, 0.2) is 13.1 Å². The monoisotopic (exact) mass is 388 g/mol. The minimum absolute atomic E-state index is 0.0547.